The van der Waals surface area contributed by atoms with Crippen LogP contribution in [0.15, 0.2) is 27.4 Å². The van der Waals surface area contributed by atoms with Gasteiger partial charge in [0.15, 0.2) is 6.61 Å². The Morgan fingerprint density at radius 3 is 2.81 bits per heavy atom. The Labute approximate surface area is 163 Å². The minimum Gasteiger partial charge on any atom is -0.482 e. The van der Waals surface area contributed by atoms with Crippen LogP contribution in [0.5, 0.6) is 5.75 Å². The molecule has 1 aliphatic heterocycles. The van der Waals surface area contributed by atoms with Crippen LogP contribution in [0.2, 0.25) is 5.02 Å². The summed E-state index contributed by atoms with van der Waals surface area (Å²) in [6, 6.07) is 4.73. The first-order valence-electron chi connectivity index (χ1n) is 9.66. The second kappa shape index (κ2) is 7.55. The minimum absolute atomic E-state index is 0.0131. The summed E-state index contributed by atoms with van der Waals surface area (Å²) in [5, 5.41) is 1.16. The van der Waals surface area contributed by atoms with E-state index in [0.717, 1.165) is 36.4 Å². The number of ether oxygens (including phenoxy) is 1. The van der Waals surface area contributed by atoms with Crippen LogP contribution in [0, 0.1) is 18.8 Å². The highest BCUT2D eigenvalue weighted by Crippen LogP contribution is 2.36. The Bertz CT molecular complexity index is 922. The first-order valence-corrected chi connectivity index (χ1v) is 10.0. The first kappa shape index (κ1) is 18.4. The van der Waals surface area contributed by atoms with Crippen LogP contribution in [0.25, 0.3) is 11.0 Å². The number of hydrogen-bond donors (Lipinski definition) is 0. The molecule has 1 saturated heterocycles. The van der Waals surface area contributed by atoms with E-state index in [-0.39, 0.29) is 12.5 Å². The van der Waals surface area contributed by atoms with E-state index in [1.807, 2.05) is 11.8 Å². The molecule has 0 radical (unpaired) electrons. The predicted octanol–water partition coefficient (Wildman–Crippen LogP) is 4.17. The number of benzene rings is 1. The molecule has 0 N–H and O–H groups in total. The van der Waals surface area contributed by atoms with Gasteiger partial charge in [0.25, 0.3) is 5.91 Å². The van der Waals surface area contributed by atoms with Crippen molar-refractivity contribution < 1.29 is 13.9 Å². The maximum Gasteiger partial charge on any atom is 0.336 e. The molecule has 0 bridgehead atoms. The van der Waals surface area contributed by atoms with Crippen molar-refractivity contribution in [3.05, 3.63) is 39.2 Å². The molecule has 144 valence electrons. The van der Waals surface area contributed by atoms with Gasteiger partial charge in [0, 0.05) is 30.6 Å². The zero-order valence-electron chi connectivity index (χ0n) is 15.5. The molecule has 6 heteroatoms. The summed E-state index contributed by atoms with van der Waals surface area (Å²) in [5.74, 6) is 1.77. The highest BCUT2D eigenvalue weighted by atomic mass is 35.5. The molecule has 2 aliphatic rings. The van der Waals surface area contributed by atoms with Crippen molar-refractivity contribution in [1.82, 2.24) is 4.90 Å². The predicted molar refractivity (Wildman–Crippen MR) is 104 cm³/mol. The standard InChI is InChI=1S/C21H24ClNO4/c1-13-8-21(25)27-18-10-19(17(22)9-16(13)18)26-12-20(24)23-7-6-14-4-2-3-5-15(14)11-23/h8-10,14-15H,2-7,11-12H2,1H3/t14-,15+/m0/s1. The van der Waals surface area contributed by atoms with Gasteiger partial charge in [-0.3, -0.25) is 4.79 Å². The van der Waals surface area contributed by atoms with Crippen molar-refractivity contribution in [2.75, 3.05) is 19.7 Å². The fourth-order valence-electron chi connectivity index (χ4n) is 4.49. The number of carbonyl (C=O) groups is 1. The van der Waals surface area contributed by atoms with Crippen molar-refractivity contribution in [3.8, 4) is 5.75 Å². The first-order chi connectivity index (χ1) is 13.0. The van der Waals surface area contributed by atoms with E-state index in [4.69, 9.17) is 20.8 Å². The second-order valence-electron chi connectivity index (χ2n) is 7.75. The minimum atomic E-state index is -0.417. The summed E-state index contributed by atoms with van der Waals surface area (Å²) in [4.78, 5) is 26.1. The largest absolute Gasteiger partial charge is 0.482 e. The highest BCUT2D eigenvalue weighted by molar-refractivity contribution is 6.32. The number of nitrogens with zero attached hydrogens (tertiary/aromatic N) is 1. The molecule has 0 spiro atoms. The van der Waals surface area contributed by atoms with E-state index in [1.165, 1.54) is 31.7 Å². The summed E-state index contributed by atoms with van der Waals surface area (Å²) in [6.45, 7) is 3.42. The van der Waals surface area contributed by atoms with Crippen molar-refractivity contribution in [2.45, 2.75) is 39.0 Å². The lowest BCUT2D eigenvalue weighted by molar-refractivity contribution is -0.136. The third kappa shape index (κ3) is 3.84. The molecule has 2 heterocycles. The summed E-state index contributed by atoms with van der Waals surface area (Å²) in [5.41, 5.74) is 0.788. The smallest absolute Gasteiger partial charge is 0.336 e. The number of piperidine rings is 1. The Morgan fingerprint density at radius 1 is 1.22 bits per heavy atom. The van der Waals surface area contributed by atoms with Gasteiger partial charge in [-0.25, -0.2) is 4.79 Å². The maximum atomic E-state index is 12.6. The van der Waals surface area contributed by atoms with Crippen LogP contribution in [-0.4, -0.2) is 30.5 Å². The van der Waals surface area contributed by atoms with Gasteiger partial charge >= 0.3 is 5.63 Å². The Morgan fingerprint density at radius 2 is 2.00 bits per heavy atom. The fraction of sp³-hybridized carbons (Fsp3) is 0.524. The van der Waals surface area contributed by atoms with E-state index in [1.54, 1.807) is 12.1 Å². The lowest BCUT2D eigenvalue weighted by Crippen LogP contribution is -2.46. The number of rotatable bonds is 3. The van der Waals surface area contributed by atoms with E-state index >= 15 is 0 Å². The van der Waals surface area contributed by atoms with Gasteiger partial charge in [0.05, 0.1) is 5.02 Å². The molecular formula is C21H24ClNO4. The zero-order chi connectivity index (χ0) is 19.0. The third-order valence-electron chi connectivity index (χ3n) is 6.00. The molecule has 1 saturated carbocycles. The summed E-state index contributed by atoms with van der Waals surface area (Å²) >= 11 is 6.31. The van der Waals surface area contributed by atoms with Crippen LogP contribution in [0.3, 0.4) is 0 Å². The van der Waals surface area contributed by atoms with Gasteiger partial charge in [0.2, 0.25) is 0 Å². The van der Waals surface area contributed by atoms with Gasteiger partial charge in [-0.1, -0.05) is 30.9 Å². The van der Waals surface area contributed by atoms with Gasteiger partial charge < -0.3 is 14.1 Å². The third-order valence-corrected chi connectivity index (χ3v) is 6.29. The van der Waals surface area contributed by atoms with Crippen molar-refractivity contribution in [2.24, 2.45) is 11.8 Å². The number of fused-ring (bicyclic) bond motifs is 2. The number of halogens is 1. The molecule has 0 unspecified atom stereocenters. The number of carbonyl (C=O) groups excluding carboxylic acids is 1. The van der Waals surface area contributed by atoms with Gasteiger partial charge in [0.1, 0.15) is 11.3 Å². The molecule has 4 rings (SSSR count). The topological polar surface area (TPSA) is 59.8 Å². The molecule has 1 aromatic heterocycles. The second-order valence-corrected chi connectivity index (χ2v) is 8.16. The van der Waals surface area contributed by atoms with Crippen LogP contribution in [-0.2, 0) is 4.79 Å². The number of amides is 1. The molecule has 5 nitrogen and oxygen atoms in total. The summed E-state index contributed by atoms with van der Waals surface area (Å²) in [6.07, 6.45) is 6.23. The fourth-order valence-corrected chi connectivity index (χ4v) is 4.71. The van der Waals surface area contributed by atoms with Gasteiger partial charge in [-0.15, -0.1) is 0 Å². The van der Waals surface area contributed by atoms with Gasteiger partial charge in [-0.2, -0.15) is 0 Å². The lowest BCUT2D eigenvalue weighted by Gasteiger charge is -2.41. The monoisotopic (exact) mass is 389 g/mol. The van der Waals surface area contributed by atoms with Crippen molar-refractivity contribution >= 4 is 28.5 Å². The number of likely N-dealkylation sites (tertiary alicyclic amines) is 1. The Hall–Kier alpha value is -2.01. The summed E-state index contributed by atoms with van der Waals surface area (Å²) in [7, 11) is 0. The van der Waals surface area contributed by atoms with E-state index in [9.17, 15) is 9.59 Å². The van der Waals surface area contributed by atoms with Crippen LogP contribution >= 0.6 is 11.6 Å². The molecule has 1 amide bonds. The van der Waals surface area contributed by atoms with Crippen LogP contribution in [0.4, 0.5) is 0 Å². The number of aryl methyl sites for hydroxylation is 1. The Balaban J connectivity index is 1.44. The highest BCUT2D eigenvalue weighted by Gasteiger charge is 2.33. The average molecular weight is 390 g/mol. The molecule has 2 aromatic rings. The molecule has 2 fully saturated rings. The Kier molecular flexibility index (Phi) is 5.13. The quantitative estimate of drug-likeness (QED) is 0.739. The molecular weight excluding hydrogens is 366 g/mol. The van der Waals surface area contributed by atoms with E-state index < -0.39 is 5.63 Å². The van der Waals surface area contributed by atoms with E-state index in [2.05, 4.69) is 0 Å². The normalized spacial score (nSPS) is 22.5. The van der Waals surface area contributed by atoms with Crippen molar-refractivity contribution in [1.29, 1.82) is 0 Å². The SMILES string of the molecule is Cc1cc(=O)oc2cc(OCC(=O)N3CC[C@@H]4CCCC[C@@H]4C3)c(Cl)cc12. The molecule has 1 aromatic carbocycles. The summed E-state index contributed by atoms with van der Waals surface area (Å²) < 4.78 is 10.9. The molecule has 2 atom stereocenters. The lowest BCUT2D eigenvalue weighted by atomic mass is 9.75. The zero-order valence-corrected chi connectivity index (χ0v) is 16.3. The maximum absolute atomic E-state index is 12.6. The van der Waals surface area contributed by atoms with Crippen LogP contribution in [0.1, 0.15) is 37.7 Å². The van der Waals surface area contributed by atoms with E-state index in [0.29, 0.717) is 22.3 Å². The van der Waals surface area contributed by atoms with Crippen LogP contribution < -0.4 is 10.4 Å². The molecule has 1 aliphatic carbocycles. The number of hydrogen-bond acceptors (Lipinski definition) is 4. The average Bonchev–Trinajstić information content (AvgIpc) is 2.66. The van der Waals surface area contributed by atoms with Crippen molar-refractivity contribution in [3.63, 3.8) is 0 Å². The molecule has 27 heavy (non-hydrogen) atoms. The van der Waals surface area contributed by atoms with Gasteiger partial charge in [-0.05, 0) is 43.2 Å².